The van der Waals surface area contributed by atoms with E-state index >= 15 is 0 Å². The van der Waals surface area contributed by atoms with Crippen molar-refractivity contribution in [2.45, 2.75) is 24.8 Å². The van der Waals surface area contributed by atoms with Gasteiger partial charge in [0.05, 0.1) is 29.6 Å². The first-order valence-corrected chi connectivity index (χ1v) is 10.1. The Morgan fingerprint density at radius 3 is 2.84 bits per heavy atom. The molecule has 1 aromatic heterocycles. The van der Waals surface area contributed by atoms with Crippen LogP contribution in [0.3, 0.4) is 0 Å². The van der Waals surface area contributed by atoms with Gasteiger partial charge in [0, 0.05) is 11.3 Å². The van der Waals surface area contributed by atoms with Crippen molar-refractivity contribution in [1.82, 2.24) is 0 Å². The largest absolute Gasteiger partial charge is 0.365 e. The van der Waals surface area contributed by atoms with Crippen LogP contribution in [0.15, 0.2) is 29.2 Å². The van der Waals surface area contributed by atoms with E-state index in [0.29, 0.717) is 16.1 Å². The van der Waals surface area contributed by atoms with E-state index in [1.165, 1.54) is 16.2 Å². The highest BCUT2D eigenvalue weighted by molar-refractivity contribution is 7.99. The van der Waals surface area contributed by atoms with E-state index < -0.39 is 5.91 Å². The number of thioether (sulfide) groups is 1. The third-order valence-corrected chi connectivity index (χ3v) is 6.36. The van der Waals surface area contributed by atoms with E-state index in [0.717, 1.165) is 40.6 Å². The van der Waals surface area contributed by atoms with Crippen molar-refractivity contribution < 1.29 is 14.5 Å². The van der Waals surface area contributed by atoms with Crippen LogP contribution in [0.5, 0.6) is 0 Å². The third kappa shape index (κ3) is 3.73. The average Bonchev–Trinajstić information content (AvgIpc) is 2.92. The van der Waals surface area contributed by atoms with Crippen LogP contribution >= 0.6 is 23.1 Å². The molecule has 5 nitrogen and oxygen atoms in total. The molecule has 0 spiro atoms. The van der Waals surface area contributed by atoms with Crippen molar-refractivity contribution in [2.75, 3.05) is 24.7 Å². The van der Waals surface area contributed by atoms with Gasteiger partial charge in [-0.2, -0.15) is 0 Å². The zero-order chi connectivity index (χ0) is 18.0. The lowest BCUT2D eigenvalue weighted by atomic mass is 10.0. The summed E-state index contributed by atoms with van der Waals surface area (Å²) in [5, 5.41) is 3.51. The zero-order valence-corrected chi connectivity index (χ0v) is 16.0. The molecule has 7 heteroatoms. The predicted octanol–water partition coefficient (Wildman–Crippen LogP) is 1.78. The van der Waals surface area contributed by atoms with Gasteiger partial charge in [0.15, 0.2) is 0 Å². The number of rotatable bonds is 5. The summed E-state index contributed by atoms with van der Waals surface area (Å²) >= 11 is 3.10. The molecule has 2 amide bonds. The Bertz CT molecular complexity index is 817. The minimum atomic E-state index is -0.469. The summed E-state index contributed by atoms with van der Waals surface area (Å²) in [6.07, 6.45) is 0.814. The molecule has 3 rings (SSSR count). The molecule has 0 radical (unpaired) electrons. The Morgan fingerprint density at radius 1 is 1.36 bits per heavy atom. The van der Waals surface area contributed by atoms with E-state index in [1.54, 1.807) is 11.8 Å². The molecular formula is C18H22N3O2S2+. The van der Waals surface area contributed by atoms with Gasteiger partial charge in [0.2, 0.25) is 0 Å². The van der Waals surface area contributed by atoms with Crippen molar-refractivity contribution in [3.63, 3.8) is 0 Å². The minimum Gasteiger partial charge on any atom is -0.365 e. The van der Waals surface area contributed by atoms with Gasteiger partial charge in [-0.15, -0.1) is 23.1 Å². The van der Waals surface area contributed by atoms with Gasteiger partial charge in [0.25, 0.3) is 11.8 Å². The standard InChI is InChI=1S/C18H21N3O2S2/c1-3-24-13-7-5-4-6-12(13)17(23)20-18-15(16(19)22)11-8-9-21(2)10-14(11)25-18/h4-7H,3,8-10H2,1-2H3,(H2,19,22)(H,20,23)/p+1. The van der Waals surface area contributed by atoms with Crippen LogP contribution in [0.4, 0.5) is 5.00 Å². The molecule has 0 aliphatic carbocycles. The molecule has 1 unspecified atom stereocenters. The summed E-state index contributed by atoms with van der Waals surface area (Å²) in [6.45, 7) is 3.88. The fourth-order valence-electron chi connectivity index (χ4n) is 3.08. The lowest BCUT2D eigenvalue weighted by Gasteiger charge is -2.19. The SMILES string of the molecule is CCSc1ccccc1C(=O)Nc1sc2c(c1C(N)=O)CC[NH+](C)C2. The lowest BCUT2D eigenvalue weighted by Crippen LogP contribution is -3.08. The summed E-state index contributed by atoms with van der Waals surface area (Å²) in [5.41, 5.74) is 7.74. The van der Waals surface area contributed by atoms with Crippen molar-refractivity contribution >= 4 is 39.9 Å². The number of carbonyl (C=O) groups is 2. The fraction of sp³-hybridized carbons (Fsp3) is 0.333. The molecular weight excluding hydrogens is 354 g/mol. The Kier molecular flexibility index (Phi) is 5.46. The van der Waals surface area contributed by atoms with Crippen molar-refractivity contribution in [1.29, 1.82) is 0 Å². The van der Waals surface area contributed by atoms with Crippen LogP contribution in [-0.2, 0) is 13.0 Å². The number of thiophene rings is 1. The van der Waals surface area contributed by atoms with Crippen molar-refractivity contribution in [2.24, 2.45) is 5.73 Å². The summed E-state index contributed by atoms with van der Waals surface area (Å²) in [6, 6.07) is 7.52. The summed E-state index contributed by atoms with van der Waals surface area (Å²) in [5.74, 6) is 0.223. The van der Waals surface area contributed by atoms with E-state index in [-0.39, 0.29) is 5.91 Å². The van der Waals surface area contributed by atoms with E-state index in [2.05, 4.69) is 19.3 Å². The molecule has 0 bridgehead atoms. The Balaban J connectivity index is 1.93. The number of nitrogens with two attached hydrogens (primary N) is 1. The molecule has 132 valence electrons. The number of hydrogen-bond acceptors (Lipinski definition) is 4. The van der Waals surface area contributed by atoms with Crippen LogP contribution in [0.1, 0.15) is 38.1 Å². The molecule has 2 heterocycles. The second kappa shape index (κ2) is 7.59. The molecule has 25 heavy (non-hydrogen) atoms. The highest BCUT2D eigenvalue weighted by Crippen LogP contribution is 2.35. The second-order valence-corrected chi connectivity index (χ2v) is 8.50. The Labute approximate surface area is 155 Å². The van der Waals surface area contributed by atoms with Crippen molar-refractivity contribution in [3.05, 3.63) is 45.8 Å². The maximum Gasteiger partial charge on any atom is 0.257 e. The molecule has 2 aromatic rings. The van der Waals surface area contributed by atoms with E-state index in [4.69, 9.17) is 5.73 Å². The maximum absolute atomic E-state index is 12.8. The van der Waals surface area contributed by atoms with Gasteiger partial charge in [-0.3, -0.25) is 9.59 Å². The number of carbonyl (C=O) groups excluding carboxylic acids is 2. The number of primary amides is 1. The first-order valence-electron chi connectivity index (χ1n) is 8.30. The summed E-state index contributed by atoms with van der Waals surface area (Å²) in [4.78, 5) is 28.3. The molecule has 1 aliphatic rings. The molecule has 1 atom stereocenters. The second-order valence-electron chi connectivity index (χ2n) is 6.09. The zero-order valence-electron chi connectivity index (χ0n) is 14.3. The summed E-state index contributed by atoms with van der Waals surface area (Å²) in [7, 11) is 2.13. The van der Waals surface area contributed by atoms with E-state index in [9.17, 15) is 9.59 Å². The number of benzene rings is 1. The molecule has 0 fully saturated rings. The quantitative estimate of drug-likeness (QED) is 0.696. The number of nitrogens with one attached hydrogen (secondary N) is 2. The molecule has 0 saturated carbocycles. The average molecular weight is 377 g/mol. The number of quaternary nitrogens is 1. The maximum atomic E-state index is 12.8. The lowest BCUT2D eigenvalue weighted by molar-refractivity contribution is -0.895. The fourth-order valence-corrected chi connectivity index (χ4v) is 5.24. The van der Waals surface area contributed by atoms with Crippen LogP contribution in [-0.4, -0.2) is 31.2 Å². The number of likely N-dealkylation sites (N-methyl/N-ethyl adjacent to an activating group) is 1. The molecule has 1 aliphatic heterocycles. The number of hydrogen-bond donors (Lipinski definition) is 3. The van der Waals surface area contributed by atoms with Gasteiger partial charge in [0.1, 0.15) is 11.5 Å². The van der Waals surface area contributed by atoms with Gasteiger partial charge in [-0.05, 0) is 23.4 Å². The summed E-state index contributed by atoms with van der Waals surface area (Å²) < 4.78 is 0. The topological polar surface area (TPSA) is 76.6 Å². The molecule has 4 N–H and O–H groups in total. The Hall–Kier alpha value is -1.83. The third-order valence-electron chi connectivity index (χ3n) is 4.26. The predicted molar refractivity (Wildman–Crippen MR) is 103 cm³/mol. The van der Waals surface area contributed by atoms with Crippen molar-refractivity contribution in [3.8, 4) is 0 Å². The van der Waals surface area contributed by atoms with Gasteiger partial charge in [-0.1, -0.05) is 19.1 Å². The smallest absolute Gasteiger partial charge is 0.257 e. The van der Waals surface area contributed by atoms with Crippen LogP contribution < -0.4 is 16.0 Å². The van der Waals surface area contributed by atoms with Crippen LogP contribution in [0.25, 0.3) is 0 Å². The number of anilines is 1. The first kappa shape index (κ1) is 18.0. The normalized spacial score (nSPS) is 16.3. The Morgan fingerprint density at radius 2 is 2.12 bits per heavy atom. The molecule has 1 aromatic carbocycles. The van der Waals surface area contributed by atoms with E-state index in [1.807, 2.05) is 24.3 Å². The first-order chi connectivity index (χ1) is 12.0. The number of fused-ring (bicyclic) bond motifs is 1. The monoisotopic (exact) mass is 376 g/mol. The van der Waals surface area contributed by atoms with Gasteiger partial charge >= 0.3 is 0 Å². The van der Waals surface area contributed by atoms with Gasteiger partial charge in [-0.25, -0.2) is 0 Å². The highest BCUT2D eigenvalue weighted by atomic mass is 32.2. The van der Waals surface area contributed by atoms with Gasteiger partial charge < -0.3 is 16.0 Å². The highest BCUT2D eigenvalue weighted by Gasteiger charge is 2.28. The van der Waals surface area contributed by atoms with Crippen LogP contribution in [0.2, 0.25) is 0 Å². The van der Waals surface area contributed by atoms with Crippen LogP contribution in [0, 0.1) is 0 Å². The number of amides is 2. The minimum absolute atomic E-state index is 0.196. The molecule has 0 saturated heterocycles.